The predicted octanol–water partition coefficient (Wildman–Crippen LogP) is 2.55. The van der Waals surface area contributed by atoms with Crippen molar-refractivity contribution >= 4 is 17.6 Å². The Labute approximate surface area is 147 Å². The van der Waals surface area contributed by atoms with E-state index in [4.69, 9.17) is 5.73 Å². The second-order valence-corrected chi connectivity index (χ2v) is 7.09. The van der Waals surface area contributed by atoms with E-state index in [2.05, 4.69) is 48.6 Å². The summed E-state index contributed by atoms with van der Waals surface area (Å²) in [5.74, 6) is -0.494. The van der Waals surface area contributed by atoms with Crippen LogP contribution in [0.5, 0.6) is 0 Å². The highest BCUT2D eigenvalue weighted by molar-refractivity contribution is 5.89. The lowest BCUT2D eigenvalue weighted by molar-refractivity contribution is -0.118. The van der Waals surface area contributed by atoms with Crippen molar-refractivity contribution in [2.45, 2.75) is 45.7 Å². The van der Waals surface area contributed by atoms with Gasteiger partial charge in [0.05, 0.1) is 17.9 Å². The number of primary amides is 1. The number of nitrogens with zero attached hydrogens (tertiary/aromatic N) is 2. The van der Waals surface area contributed by atoms with Crippen LogP contribution in [0.2, 0.25) is 0 Å². The molecule has 0 saturated heterocycles. The Balaban J connectivity index is 1.93. The van der Waals surface area contributed by atoms with E-state index in [-0.39, 0.29) is 24.0 Å². The molecular weight excluding hydrogens is 318 g/mol. The van der Waals surface area contributed by atoms with Crippen molar-refractivity contribution in [1.29, 1.82) is 0 Å². The lowest BCUT2D eigenvalue weighted by atomic mass is 9.86. The number of nitrogens with one attached hydrogen (secondary N) is 2. The normalized spacial score (nSPS) is 12.5. The molecule has 7 heteroatoms. The Kier molecular flexibility index (Phi) is 5.46. The van der Waals surface area contributed by atoms with Gasteiger partial charge in [-0.05, 0) is 23.5 Å². The van der Waals surface area contributed by atoms with Crippen molar-refractivity contribution in [2.24, 2.45) is 5.73 Å². The minimum absolute atomic E-state index is 0.0279. The van der Waals surface area contributed by atoms with Crippen molar-refractivity contribution in [3.8, 4) is 0 Å². The first kappa shape index (κ1) is 18.5. The maximum absolute atomic E-state index is 12.1. The van der Waals surface area contributed by atoms with Crippen LogP contribution in [0.15, 0.2) is 36.7 Å². The molecule has 4 N–H and O–H groups in total. The number of hydrogen-bond donors (Lipinski definition) is 3. The highest BCUT2D eigenvalue weighted by atomic mass is 16.2. The van der Waals surface area contributed by atoms with Gasteiger partial charge in [-0.3, -0.25) is 9.48 Å². The fourth-order valence-corrected chi connectivity index (χ4v) is 2.39. The Bertz CT molecular complexity index is 744. The van der Waals surface area contributed by atoms with Crippen molar-refractivity contribution in [3.63, 3.8) is 0 Å². The van der Waals surface area contributed by atoms with Gasteiger partial charge in [0.25, 0.3) is 0 Å². The van der Waals surface area contributed by atoms with Crippen LogP contribution in [0.3, 0.4) is 0 Å². The summed E-state index contributed by atoms with van der Waals surface area (Å²) < 4.78 is 1.37. The monoisotopic (exact) mass is 343 g/mol. The molecule has 0 spiro atoms. The molecule has 25 heavy (non-hydrogen) atoms. The Morgan fingerprint density at radius 3 is 2.44 bits per heavy atom. The molecule has 1 atom stereocenters. The van der Waals surface area contributed by atoms with Crippen LogP contribution >= 0.6 is 0 Å². The van der Waals surface area contributed by atoms with Gasteiger partial charge < -0.3 is 16.4 Å². The number of carbonyl (C=O) groups is 2. The molecule has 0 radical (unpaired) electrons. The van der Waals surface area contributed by atoms with E-state index >= 15 is 0 Å². The van der Waals surface area contributed by atoms with Crippen LogP contribution < -0.4 is 16.4 Å². The van der Waals surface area contributed by atoms with Gasteiger partial charge in [-0.25, -0.2) is 4.79 Å². The summed E-state index contributed by atoms with van der Waals surface area (Å²) in [5, 5.41) is 9.51. The van der Waals surface area contributed by atoms with E-state index in [0.29, 0.717) is 5.69 Å². The number of carbonyl (C=O) groups excluding carboxylic acids is 2. The third-order valence-electron chi connectivity index (χ3n) is 3.83. The van der Waals surface area contributed by atoms with Crippen LogP contribution in [0.1, 0.15) is 44.9 Å². The first-order valence-corrected chi connectivity index (χ1v) is 8.14. The zero-order valence-electron chi connectivity index (χ0n) is 15.0. The minimum Gasteiger partial charge on any atom is -0.368 e. The maximum Gasteiger partial charge on any atom is 0.319 e. The molecule has 0 aliphatic carbocycles. The van der Waals surface area contributed by atoms with Crippen LogP contribution in [0, 0.1) is 0 Å². The third kappa shape index (κ3) is 5.34. The molecular formula is C18H25N5O2. The van der Waals surface area contributed by atoms with Crippen LogP contribution in [0.25, 0.3) is 0 Å². The van der Waals surface area contributed by atoms with E-state index in [0.717, 1.165) is 5.56 Å². The molecule has 7 nitrogen and oxygen atoms in total. The molecule has 0 aliphatic heterocycles. The average Bonchev–Trinajstić information content (AvgIpc) is 2.92. The standard InChI is InChI=1S/C18H25N5O2/c1-12(13-5-7-14(8-6-13)18(2,3)4)21-17(25)22-15-9-20-23(10-15)11-16(19)24/h5-10,12H,11H2,1-4H3,(H2,19,24)(H2,21,22,25). The van der Waals surface area contributed by atoms with Crippen molar-refractivity contribution in [3.05, 3.63) is 47.8 Å². The van der Waals surface area contributed by atoms with E-state index in [1.807, 2.05) is 19.1 Å². The fourth-order valence-electron chi connectivity index (χ4n) is 2.39. The van der Waals surface area contributed by atoms with E-state index in [1.54, 1.807) is 6.20 Å². The molecule has 0 fully saturated rings. The second kappa shape index (κ2) is 7.38. The molecule has 1 aromatic heterocycles. The molecule has 0 bridgehead atoms. The molecule has 1 heterocycles. The summed E-state index contributed by atoms with van der Waals surface area (Å²) in [5.41, 5.74) is 7.96. The van der Waals surface area contributed by atoms with Gasteiger partial charge in [-0.2, -0.15) is 5.10 Å². The number of urea groups is 1. The highest BCUT2D eigenvalue weighted by Crippen LogP contribution is 2.23. The lowest BCUT2D eigenvalue weighted by Gasteiger charge is -2.20. The summed E-state index contributed by atoms with van der Waals surface area (Å²) in [6.07, 6.45) is 3.01. The van der Waals surface area contributed by atoms with Gasteiger partial charge in [-0.1, -0.05) is 45.0 Å². The maximum atomic E-state index is 12.1. The molecule has 1 unspecified atom stereocenters. The number of hydrogen-bond acceptors (Lipinski definition) is 3. The van der Waals surface area contributed by atoms with E-state index in [1.165, 1.54) is 16.4 Å². The molecule has 1 aromatic carbocycles. The van der Waals surface area contributed by atoms with E-state index < -0.39 is 5.91 Å². The van der Waals surface area contributed by atoms with Crippen molar-refractivity contribution < 1.29 is 9.59 Å². The number of rotatable bonds is 5. The van der Waals surface area contributed by atoms with Crippen molar-refractivity contribution in [2.75, 3.05) is 5.32 Å². The summed E-state index contributed by atoms with van der Waals surface area (Å²) >= 11 is 0. The van der Waals surface area contributed by atoms with Gasteiger partial charge in [-0.15, -0.1) is 0 Å². The number of aromatic nitrogens is 2. The highest BCUT2D eigenvalue weighted by Gasteiger charge is 2.15. The summed E-state index contributed by atoms with van der Waals surface area (Å²) in [7, 11) is 0. The summed E-state index contributed by atoms with van der Waals surface area (Å²) in [4.78, 5) is 23.0. The van der Waals surface area contributed by atoms with Gasteiger partial charge in [0.1, 0.15) is 6.54 Å². The Morgan fingerprint density at radius 2 is 1.88 bits per heavy atom. The smallest absolute Gasteiger partial charge is 0.319 e. The average molecular weight is 343 g/mol. The van der Waals surface area contributed by atoms with Gasteiger partial charge in [0, 0.05) is 6.20 Å². The van der Waals surface area contributed by atoms with Gasteiger partial charge >= 0.3 is 6.03 Å². The number of benzene rings is 1. The molecule has 2 aromatic rings. The molecule has 3 amide bonds. The summed E-state index contributed by atoms with van der Waals surface area (Å²) in [6.45, 7) is 8.38. The SMILES string of the molecule is CC(NC(=O)Nc1cnn(CC(N)=O)c1)c1ccc(C(C)(C)C)cc1. The van der Waals surface area contributed by atoms with Crippen LogP contribution in [0.4, 0.5) is 10.5 Å². The fraction of sp³-hybridized carbons (Fsp3) is 0.389. The number of anilines is 1. The zero-order valence-corrected chi connectivity index (χ0v) is 15.0. The molecule has 0 saturated carbocycles. The lowest BCUT2D eigenvalue weighted by Crippen LogP contribution is -2.31. The summed E-state index contributed by atoms with van der Waals surface area (Å²) in [6, 6.07) is 7.73. The van der Waals surface area contributed by atoms with E-state index in [9.17, 15) is 9.59 Å². The largest absolute Gasteiger partial charge is 0.368 e. The topological polar surface area (TPSA) is 102 Å². The first-order valence-electron chi connectivity index (χ1n) is 8.14. The van der Waals surface area contributed by atoms with Gasteiger partial charge in [0.15, 0.2) is 0 Å². The van der Waals surface area contributed by atoms with Crippen molar-refractivity contribution in [1.82, 2.24) is 15.1 Å². The number of nitrogens with two attached hydrogens (primary N) is 1. The first-order chi connectivity index (χ1) is 11.6. The number of amides is 3. The van der Waals surface area contributed by atoms with Crippen LogP contribution in [-0.4, -0.2) is 21.7 Å². The quantitative estimate of drug-likeness (QED) is 0.777. The van der Waals surface area contributed by atoms with Crippen LogP contribution in [-0.2, 0) is 16.8 Å². The predicted molar refractivity (Wildman–Crippen MR) is 97.1 cm³/mol. The third-order valence-corrected chi connectivity index (χ3v) is 3.83. The minimum atomic E-state index is -0.494. The van der Waals surface area contributed by atoms with Gasteiger partial charge in [0.2, 0.25) is 5.91 Å². The molecule has 0 aliphatic rings. The molecule has 134 valence electrons. The Morgan fingerprint density at radius 1 is 1.24 bits per heavy atom. The second-order valence-electron chi connectivity index (χ2n) is 7.09. The molecule has 2 rings (SSSR count). The zero-order chi connectivity index (χ0) is 18.6. The Hall–Kier alpha value is -2.83.